The van der Waals surface area contributed by atoms with Gasteiger partial charge in [-0.25, -0.2) is 4.98 Å². The number of amides is 1. The number of pyridine rings is 1. The SMILES string of the molecule is Cc1ccc(-c2nc3cc(C)ccn3c2/C=C/C(=O)Nc2ccccc2Br)cc1. The first-order valence-corrected chi connectivity index (χ1v) is 10.1. The molecule has 0 aliphatic carbocycles. The summed E-state index contributed by atoms with van der Waals surface area (Å²) in [6.07, 6.45) is 5.35. The van der Waals surface area contributed by atoms with Crippen molar-refractivity contribution in [2.75, 3.05) is 5.32 Å². The van der Waals surface area contributed by atoms with E-state index in [0.717, 1.165) is 38.3 Å². The van der Waals surface area contributed by atoms with E-state index in [1.165, 1.54) is 5.56 Å². The van der Waals surface area contributed by atoms with Gasteiger partial charge in [0.2, 0.25) is 5.91 Å². The highest BCUT2D eigenvalue weighted by Crippen LogP contribution is 2.27. The molecule has 5 heteroatoms. The van der Waals surface area contributed by atoms with Gasteiger partial charge >= 0.3 is 0 Å². The second-order valence-electron chi connectivity index (χ2n) is 6.95. The van der Waals surface area contributed by atoms with Crippen LogP contribution in [-0.4, -0.2) is 15.3 Å². The summed E-state index contributed by atoms with van der Waals surface area (Å²) in [7, 11) is 0. The maximum Gasteiger partial charge on any atom is 0.248 e. The van der Waals surface area contributed by atoms with Gasteiger partial charge in [-0.15, -0.1) is 0 Å². The van der Waals surface area contributed by atoms with Gasteiger partial charge in [0.15, 0.2) is 0 Å². The van der Waals surface area contributed by atoms with Crippen molar-refractivity contribution in [3.63, 3.8) is 0 Å². The minimum Gasteiger partial charge on any atom is -0.321 e. The van der Waals surface area contributed by atoms with Gasteiger partial charge in [-0.2, -0.15) is 0 Å². The minimum absolute atomic E-state index is 0.200. The highest BCUT2D eigenvalue weighted by atomic mass is 79.9. The molecule has 0 spiro atoms. The van der Waals surface area contributed by atoms with Crippen LogP contribution in [0.25, 0.3) is 23.0 Å². The molecule has 0 atom stereocenters. The van der Waals surface area contributed by atoms with Gasteiger partial charge in [0.25, 0.3) is 0 Å². The molecule has 0 saturated heterocycles. The van der Waals surface area contributed by atoms with Crippen molar-refractivity contribution in [2.45, 2.75) is 13.8 Å². The number of benzene rings is 2. The lowest BCUT2D eigenvalue weighted by Gasteiger charge is -2.05. The Labute approximate surface area is 178 Å². The predicted molar refractivity (Wildman–Crippen MR) is 122 cm³/mol. The van der Waals surface area contributed by atoms with Crippen molar-refractivity contribution in [2.24, 2.45) is 0 Å². The fourth-order valence-electron chi connectivity index (χ4n) is 3.14. The lowest BCUT2D eigenvalue weighted by Crippen LogP contribution is -2.08. The number of anilines is 1. The number of fused-ring (bicyclic) bond motifs is 1. The topological polar surface area (TPSA) is 46.4 Å². The Morgan fingerprint density at radius 1 is 1.03 bits per heavy atom. The molecule has 0 saturated carbocycles. The van der Waals surface area contributed by atoms with Crippen molar-refractivity contribution in [3.8, 4) is 11.3 Å². The maximum absolute atomic E-state index is 12.5. The zero-order valence-electron chi connectivity index (χ0n) is 16.2. The van der Waals surface area contributed by atoms with Crippen LogP contribution < -0.4 is 5.32 Å². The van der Waals surface area contributed by atoms with Gasteiger partial charge < -0.3 is 5.32 Å². The second-order valence-corrected chi connectivity index (χ2v) is 7.80. The van der Waals surface area contributed by atoms with Crippen molar-refractivity contribution >= 4 is 39.2 Å². The van der Waals surface area contributed by atoms with E-state index in [4.69, 9.17) is 4.98 Å². The molecular weight excluding hydrogens is 426 g/mol. The predicted octanol–water partition coefficient (Wildman–Crippen LogP) is 6.03. The monoisotopic (exact) mass is 445 g/mol. The van der Waals surface area contributed by atoms with Crippen LogP contribution in [0.1, 0.15) is 16.8 Å². The molecule has 0 fully saturated rings. The first kappa shape index (κ1) is 19.2. The largest absolute Gasteiger partial charge is 0.321 e. The molecule has 1 amide bonds. The molecule has 29 heavy (non-hydrogen) atoms. The number of carbonyl (C=O) groups excluding carboxylic acids is 1. The third-order valence-electron chi connectivity index (χ3n) is 4.67. The Morgan fingerprint density at radius 3 is 2.55 bits per heavy atom. The maximum atomic E-state index is 12.5. The molecule has 144 valence electrons. The Balaban J connectivity index is 1.72. The van der Waals surface area contributed by atoms with Crippen molar-refractivity contribution < 1.29 is 4.79 Å². The molecule has 4 aromatic rings. The fourth-order valence-corrected chi connectivity index (χ4v) is 3.52. The standard InChI is InChI=1S/C24H20BrN3O/c1-16-7-9-18(10-8-16)24-21(28-14-13-17(2)15-22(28)27-24)11-12-23(29)26-20-6-4-3-5-19(20)25/h3-15H,1-2H3,(H,26,29)/b12-11+. The number of hydrogen-bond acceptors (Lipinski definition) is 2. The first-order chi connectivity index (χ1) is 14.0. The molecule has 0 radical (unpaired) electrons. The summed E-state index contributed by atoms with van der Waals surface area (Å²) < 4.78 is 2.84. The summed E-state index contributed by atoms with van der Waals surface area (Å²) in [5.41, 5.74) is 6.65. The van der Waals surface area contributed by atoms with Crippen LogP contribution in [0.2, 0.25) is 0 Å². The van der Waals surface area contributed by atoms with E-state index in [2.05, 4.69) is 52.4 Å². The van der Waals surface area contributed by atoms with Gasteiger partial charge in [0, 0.05) is 22.3 Å². The van der Waals surface area contributed by atoms with E-state index >= 15 is 0 Å². The molecule has 0 aliphatic rings. The zero-order chi connectivity index (χ0) is 20.4. The number of nitrogens with zero attached hydrogens (tertiary/aromatic N) is 2. The molecule has 4 nitrogen and oxygen atoms in total. The first-order valence-electron chi connectivity index (χ1n) is 9.30. The van der Waals surface area contributed by atoms with Gasteiger partial charge in [0.05, 0.1) is 17.1 Å². The molecule has 2 aromatic carbocycles. The third-order valence-corrected chi connectivity index (χ3v) is 5.36. The molecular formula is C24H20BrN3O. The van der Waals surface area contributed by atoms with Crippen LogP contribution in [0, 0.1) is 13.8 Å². The smallest absolute Gasteiger partial charge is 0.248 e. The number of nitrogens with one attached hydrogen (secondary N) is 1. The second kappa shape index (κ2) is 8.05. The van der Waals surface area contributed by atoms with Crippen LogP contribution in [0.3, 0.4) is 0 Å². The molecule has 1 N–H and O–H groups in total. The van der Waals surface area contributed by atoms with Crippen LogP contribution in [-0.2, 0) is 4.79 Å². The van der Waals surface area contributed by atoms with E-state index < -0.39 is 0 Å². The van der Waals surface area contributed by atoms with E-state index in [-0.39, 0.29) is 5.91 Å². The molecule has 0 unspecified atom stereocenters. The average Bonchev–Trinajstić information content (AvgIpc) is 3.06. The van der Waals surface area contributed by atoms with Gasteiger partial charge in [-0.3, -0.25) is 9.20 Å². The molecule has 0 aliphatic heterocycles. The molecule has 2 aromatic heterocycles. The van der Waals surface area contributed by atoms with Gasteiger partial charge in [-0.1, -0.05) is 42.0 Å². The number of imidazole rings is 1. The quantitative estimate of drug-likeness (QED) is 0.389. The van der Waals surface area contributed by atoms with Crippen molar-refractivity contribution in [3.05, 3.63) is 94.2 Å². The summed E-state index contributed by atoms with van der Waals surface area (Å²) >= 11 is 3.45. The molecule has 0 bridgehead atoms. The molecule has 2 heterocycles. The average molecular weight is 446 g/mol. The van der Waals surface area contributed by atoms with E-state index in [9.17, 15) is 4.79 Å². The zero-order valence-corrected chi connectivity index (χ0v) is 17.8. The lowest BCUT2D eigenvalue weighted by molar-refractivity contribution is -0.111. The summed E-state index contributed by atoms with van der Waals surface area (Å²) in [5.74, 6) is -0.200. The van der Waals surface area contributed by atoms with E-state index in [1.807, 2.05) is 60.0 Å². The summed E-state index contributed by atoms with van der Waals surface area (Å²) in [4.78, 5) is 17.3. The fraction of sp³-hybridized carbons (Fsp3) is 0.0833. The number of hydrogen-bond donors (Lipinski definition) is 1. The molecule has 4 rings (SSSR count). The highest BCUT2D eigenvalue weighted by Gasteiger charge is 2.13. The van der Waals surface area contributed by atoms with E-state index in [1.54, 1.807) is 6.08 Å². The van der Waals surface area contributed by atoms with Crippen LogP contribution >= 0.6 is 15.9 Å². The third kappa shape index (κ3) is 4.15. The summed E-state index contributed by atoms with van der Waals surface area (Å²) in [6, 6.07) is 19.9. The Kier molecular flexibility index (Phi) is 5.32. The number of aromatic nitrogens is 2. The van der Waals surface area contributed by atoms with Gasteiger partial charge in [-0.05, 0) is 65.7 Å². The Hall–Kier alpha value is -3.18. The van der Waals surface area contributed by atoms with Crippen LogP contribution in [0.15, 0.2) is 77.4 Å². The van der Waals surface area contributed by atoms with Gasteiger partial charge in [0.1, 0.15) is 5.65 Å². The van der Waals surface area contributed by atoms with Crippen molar-refractivity contribution in [1.29, 1.82) is 0 Å². The number of rotatable bonds is 4. The number of para-hydroxylation sites is 1. The number of aryl methyl sites for hydroxylation is 2. The highest BCUT2D eigenvalue weighted by molar-refractivity contribution is 9.10. The minimum atomic E-state index is -0.200. The normalized spacial score (nSPS) is 11.3. The summed E-state index contributed by atoms with van der Waals surface area (Å²) in [6.45, 7) is 4.10. The number of carbonyl (C=O) groups is 1. The van der Waals surface area contributed by atoms with Crippen LogP contribution in [0.4, 0.5) is 5.69 Å². The van der Waals surface area contributed by atoms with Crippen molar-refractivity contribution in [1.82, 2.24) is 9.38 Å². The number of halogens is 1. The Morgan fingerprint density at radius 2 is 1.79 bits per heavy atom. The lowest BCUT2D eigenvalue weighted by atomic mass is 10.1. The van der Waals surface area contributed by atoms with Crippen LogP contribution in [0.5, 0.6) is 0 Å². The summed E-state index contributed by atoms with van der Waals surface area (Å²) in [5, 5.41) is 2.89. The van der Waals surface area contributed by atoms with E-state index in [0.29, 0.717) is 0 Å². The Bertz CT molecular complexity index is 1220.